The Balaban J connectivity index is 0.000000137. The van der Waals surface area contributed by atoms with E-state index in [1.807, 2.05) is 30.3 Å². The average molecular weight is 320 g/mol. The Kier molecular flexibility index (Phi) is 4.32. The van der Waals surface area contributed by atoms with Gasteiger partial charge in [0.2, 0.25) is 0 Å². The first-order chi connectivity index (χ1) is 10.9. The molecule has 4 N–H and O–H groups in total. The quantitative estimate of drug-likeness (QED) is 0.781. The smallest absolute Gasteiger partial charge is 0.404 e. The average Bonchev–Trinajstić information content (AvgIpc) is 2.43. The van der Waals surface area contributed by atoms with Gasteiger partial charge in [0.15, 0.2) is 0 Å². The minimum atomic E-state index is -0.992. The second-order valence-corrected chi connectivity index (χ2v) is 7.62. The van der Waals surface area contributed by atoms with Crippen molar-refractivity contribution in [2.45, 2.75) is 56.3 Å². The molecule has 1 aromatic rings. The molecule has 0 spiro atoms. The molecule has 0 radical (unpaired) electrons. The van der Waals surface area contributed by atoms with E-state index in [-0.39, 0.29) is 5.54 Å². The van der Waals surface area contributed by atoms with Crippen LogP contribution in [-0.2, 0) is 6.54 Å². The van der Waals surface area contributed by atoms with E-state index in [0.717, 1.165) is 31.2 Å². The first-order valence-corrected chi connectivity index (χ1v) is 8.34. The number of halogens is 1. The van der Waals surface area contributed by atoms with Crippen LogP contribution in [0.3, 0.4) is 0 Å². The number of benzene rings is 1. The Hall–Kier alpha value is -1.62. The van der Waals surface area contributed by atoms with E-state index in [1.165, 1.54) is 6.42 Å². The van der Waals surface area contributed by atoms with Crippen molar-refractivity contribution in [3.8, 4) is 0 Å². The molecule has 0 aromatic heterocycles. The molecular formula is C18H25FN2O2. The molecule has 4 fully saturated rings. The van der Waals surface area contributed by atoms with E-state index in [9.17, 15) is 9.18 Å². The fourth-order valence-electron chi connectivity index (χ4n) is 4.99. The number of nitrogens with one attached hydrogen (secondary N) is 1. The van der Waals surface area contributed by atoms with Gasteiger partial charge >= 0.3 is 6.09 Å². The fraction of sp³-hybridized carbons (Fsp3) is 0.611. The molecule has 1 amide bonds. The Bertz CT molecular complexity index is 529. The molecule has 2 unspecified atom stereocenters. The zero-order chi connectivity index (χ0) is 16.5. The first kappa shape index (κ1) is 16.2. The Morgan fingerprint density at radius 2 is 1.83 bits per heavy atom. The number of amides is 1. The zero-order valence-electron chi connectivity index (χ0n) is 13.3. The van der Waals surface area contributed by atoms with Gasteiger partial charge in [-0.1, -0.05) is 30.3 Å². The molecule has 23 heavy (non-hydrogen) atoms. The highest BCUT2D eigenvalue weighted by Crippen LogP contribution is 2.57. The number of nitrogens with two attached hydrogens (primary N) is 1. The van der Waals surface area contributed by atoms with Crippen LogP contribution in [0.4, 0.5) is 9.18 Å². The van der Waals surface area contributed by atoms with E-state index in [2.05, 4.69) is 5.32 Å². The summed E-state index contributed by atoms with van der Waals surface area (Å²) in [5, 5.41) is 10.5. The molecule has 0 saturated heterocycles. The molecule has 4 aliphatic carbocycles. The van der Waals surface area contributed by atoms with Crippen LogP contribution < -0.4 is 11.1 Å². The van der Waals surface area contributed by atoms with Gasteiger partial charge in [-0.3, -0.25) is 0 Å². The molecule has 4 aliphatic rings. The van der Waals surface area contributed by atoms with Crippen LogP contribution in [0.1, 0.15) is 44.1 Å². The van der Waals surface area contributed by atoms with Crippen molar-refractivity contribution in [2.24, 2.45) is 17.6 Å². The number of carbonyl (C=O) groups is 1. The first-order valence-electron chi connectivity index (χ1n) is 8.34. The number of rotatable bonds is 2. The summed E-state index contributed by atoms with van der Waals surface area (Å²) in [4.78, 5) is 10.1. The van der Waals surface area contributed by atoms with Gasteiger partial charge < -0.3 is 16.2 Å². The fourth-order valence-corrected chi connectivity index (χ4v) is 4.99. The van der Waals surface area contributed by atoms with Crippen molar-refractivity contribution in [3.05, 3.63) is 35.9 Å². The SMILES string of the molecule is NC12CC3CC(C1)CC(F)(C3)C2.O=C(O)NCc1ccccc1. The molecule has 0 aliphatic heterocycles. The lowest BCUT2D eigenvalue weighted by atomic mass is 9.52. The standard InChI is InChI=1S/C10H16FN.C8H9NO2/c11-9-2-7-1-8(3-9)5-10(12,4-7)6-9;10-8(11)9-6-7-4-2-1-3-5-7/h7-8H,1-6,12H2;1-5,9H,6H2,(H,10,11). The van der Waals surface area contributed by atoms with Crippen LogP contribution in [-0.4, -0.2) is 22.4 Å². The van der Waals surface area contributed by atoms with Gasteiger partial charge in [0.05, 0.1) is 0 Å². The Labute approximate surface area is 136 Å². The molecule has 4 bridgehead atoms. The van der Waals surface area contributed by atoms with Gasteiger partial charge in [0, 0.05) is 12.1 Å². The third-order valence-electron chi connectivity index (χ3n) is 5.32. The van der Waals surface area contributed by atoms with Gasteiger partial charge in [0.1, 0.15) is 5.67 Å². The second-order valence-electron chi connectivity index (χ2n) is 7.62. The van der Waals surface area contributed by atoms with Gasteiger partial charge in [-0.2, -0.15) is 0 Å². The molecule has 5 rings (SSSR count). The zero-order valence-corrected chi connectivity index (χ0v) is 13.3. The normalized spacial score (nSPS) is 37.0. The maximum atomic E-state index is 14.0. The minimum absolute atomic E-state index is 0.112. The van der Waals surface area contributed by atoms with E-state index < -0.39 is 11.8 Å². The molecule has 126 valence electrons. The van der Waals surface area contributed by atoms with Crippen LogP contribution in [0.25, 0.3) is 0 Å². The predicted octanol–water partition coefficient (Wildman–Crippen LogP) is 3.46. The summed E-state index contributed by atoms with van der Waals surface area (Å²) in [7, 11) is 0. The summed E-state index contributed by atoms with van der Waals surface area (Å²) in [6.07, 6.45) is 4.71. The number of alkyl halides is 1. The highest BCUT2D eigenvalue weighted by molar-refractivity contribution is 5.64. The topological polar surface area (TPSA) is 75.4 Å². The van der Waals surface area contributed by atoms with Crippen molar-refractivity contribution >= 4 is 6.09 Å². The molecule has 2 atom stereocenters. The van der Waals surface area contributed by atoms with Crippen molar-refractivity contribution in [1.29, 1.82) is 0 Å². The van der Waals surface area contributed by atoms with Crippen LogP contribution >= 0.6 is 0 Å². The molecule has 4 saturated carbocycles. The van der Waals surface area contributed by atoms with Crippen molar-refractivity contribution in [3.63, 3.8) is 0 Å². The minimum Gasteiger partial charge on any atom is -0.465 e. The van der Waals surface area contributed by atoms with E-state index in [1.54, 1.807) is 0 Å². The largest absolute Gasteiger partial charge is 0.465 e. The monoisotopic (exact) mass is 320 g/mol. The van der Waals surface area contributed by atoms with Crippen LogP contribution in [0.15, 0.2) is 30.3 Å². The van der Waals surface area contributed by atoms with Gasteiger partial charge in [-0.25, -0.2) is 9.18 Å². The third kappa shape index (κ3) is 4.02. The lowest BCUT2D eigenvalue weighted by molar-refractivity contribution is -0.0847. The van der Waals surface area contributed by atoms with Crippen molar-refractivity contribution in [2.75, 3.05) is 0 Å². The van der Waals surface area contributed by atoms with Crippen molar-refractivity contribution < 1.29 is 14.3 Å². The van der Waals surface area contributed by atoms with Gasteiger partial charge in [-0.15, -0.1) is 0 Å². The Morgan fingerprint density at radius 3 is 2.30 bits per heavy atom. The summed E-state index contributed by atoms with van der Waals surface area (Å²) in [6, 6.07) is 9.38. The second kappa shape index (κ2) is 6.11. The van der Waals surface area contributed by atoms with Gasteiger partial charge in [-0.05, 0) is 55.9 Å². The Morgan fingerprint density at radius 1 is 1.22 bits per heavy atom. The molecule has 0 heterocycles. The van der Waals surface area contributed by atoms with Crippen LogP contribution in [0.2, 0.25) is 0 Å². The van der Waals surface area contributed by atoms with Crippen molar-refractivity contribution in [1.82, 2.24) is 5.32 Å². The predicted molar refractivity (Wildman–Crippen MR) is 86.7 cm³/mol. The van der Waals surface area contributed by atoms with E-state index in [0.29, 0.717) is 24.8 Å². The van der Waals surface area contributed by atoms with Crippen LogP contribution in [0, 0.1) is 11.8 Å². The lowest BCUT2D eigenvalue weighted by Crippen LogP contribution is -2.61. The molecule has 1 aromatic carbocycles. The number of hydrogen-bond donors (Lipinski definition) is 3. The van der Waals surface area contributed by atoms with E-state index >= 15 is 0 Å². The highest BCUT2D eigenvalue weighted by atomic mass is 19.1. The lowest BCUT2D eigenvalue weighted by Gasteiger charge is -2.57. The highest BCUT2D eigenvalue weighted by Gasteiger charge is 2.56. The maximum Gasteiger partial charge on any atom is 0.404 e. The number of hydrogen-bond acceptors (Lipinski definition) is 2. The van der Waals surface area contributed by atoms with Gasteiger partial charge in [0.25, 0.3) is 0 Å². The van der Waals surface area contributed by atoms with E-state index in [4.69, 9.17) is 10.8 Å². The third-order valence-corrected chi connectivity index (χ3v) is 5.32. The summed E-state index contributed by atoms with van der Waals surface area (Å²) >= 11 is 0. The summed E-state index contributed by atoms with van der Waals surface area (Å²) in [5.41, 5.74) is 6.16. The molecule has 5 heteroatoms. The summed E-state index contributed by atoms with van der Waals surface area (Å²) in [6.45, 7) is 0.371. The molecular weight excluding hydrogens is 295 g/mol. The molecule has 4 nitrogen and oxygen atoms in total. The number of carboxylic acid groups (broad SMARTS) is 1. The summed E-state index contributed by atoms with van der Waals surface area (Å²) < 4.78 is 14.0. The summed E-state index contributed by atoms with van der Waals surface area (Å²) in [5.74, 6) is 1.22. The van der Waals surface area contributed by atoms with Crippen LogP contribution in [0.5, 0.6) is 0 Å². The maximum absolute atomic E-state index is 14.0.